The molecule has 1 saturated heterocycles. The van der Waals surface area contributed by atoms with E-state index in [1.165, 1.54) is 5.01 Å². The standard InChI is InChI=1S/C24H24N4O2/c1-15-8-10-16(11-9-15)13-25-27-14-21(29)28-20(23(27)30)12-18-17-6-4-5-7-19(17)26-22(18)24(28,2)3/h4-11,13,20,26H,12,14H2,1-3H3/b25-13-/t20-/m0/s1. The van der Waals surface area contributed by atoms with Gasteiger partial charge in [-0.3, -0.25) is 9.59 Å². The Hall–Kier alpha value is -3.41. The van der Waals surface area contributed by atoms with Gasteiger partial charge in [-0.2, -0.15) is 5.10 Å². The average Bonchev–Trinajstić information content (AvgIpc) is 3.10. The van der Waals surface area contributed by atoms with Crippen molar-refractivity contribution in [2.75, 3.05) is 6.54 Å². The number of aromatic nitrogens is 1. The van der Waals surface area contributed by atoms with Gasteiger partial charge in [0.2, 0.25) is 5.91 Å². The second-order valence-corrected chi connectivity index (χ2v) is 8.62. The molecule has 3 heterocycles. The minimum Gasteiger partial charge on any atom is -0.356 e. The maximum atomic E-state index is 13.3. The van der Waals surface area contributed by atoms with Crippen molar-refractivity contribution in [1.82, 2.24) is 14.9 Å². The van der Waals surface area contributed by atoms with Crippen molar-refractivity contribution in [3.05, 3.63) is 70.9 Å². The molecular formula is C24H24N4O2. The number of H-pyrrole nitrogens is 1. The largest absolute Gasteiger partial charge is 0.356 e. The number of nitrogens with zero attached hydrogens (tertiary/aromatic N) is 3. The van der Waals surface area contributed by atoms with Gasteiger partial charge in [-0.05, 0) is 38.0 Å². The number of carbonyl (C=O) groups excluding carboxylic acids is 2. The number of amides is 2. The summed E-state index contributed by atoms with van der Waals surface area (Å²) < 4.78 is 0. The molecule has 1 atom stereocenters. The van der Waals surface area contributed by atoms with Crippen LogP contribution in [0.1, 0.15) is 36.2 Å². The zero-order valence-electron chi connectivity index (χ0n) is 17.3. The second-order valence-electron chi connectivity index (χ2n) is 8.62. The first-order valence-electron chi connectivity index (χ1n) is 10.2. The zero-order chi connectivity index (χ0) is 21.0. The smallest absolute Gasteiger partial charge is 0.266 e. The summed E-state index contributed by atoms with van der Waals surface area (Å²) in [4.78, 5) is 31.7. The molecule has 0 bridgehead atoms. The Balaban J connectivity index is 1.51. The maximum absolute atomic E-state index is 13.3. The number of aryl methyl sites for hydroxylation is 1. The molecule has 0 radical (unpaired) electrons. The van der Waals surface area contributed by atoms with Crippen LogP contribution in [0.5, 0.6) is 0 Å². The van der Waals surface area contributed by atoms with Crippen molar-refractivity contribution >= 4 is 28.9 Å². The lowest BCUT2D eigenvalue weighted by Gasteiger charge is -2.50. The molecule has 2 amide bonds. The Morgan fingerprint density at radius 3 is 2.60 bits per heavy atom. The maximum Gasteiger partial charge on any atom is 0.266 e. The number of hydrogen-bond acceptors (Lipinski definition) is 3. The molecule has 0 aliphatic carbocycles. The number of nitrogens with one attached hydrogen (secondary N) is 1. The molecule has 2 aliphatic heterocycles. The van der Waals surface area contributed by atoms with Crippen molar-refractivity contribution in [2.45, 2.75) is 38.8 Å². The van der Waals surface area contributed by atoms with Crippen LogP contribution in [0.2, 0.25) is 0 Å². The third-order valence-corrected chi connectivity index (χ3v) is 6.25. The van der Waals surface area contributed by atoms with Crippen LogP contribution in [0.4, 0.5) is 0 Å². The summed E-state index contributed by atoms with van der Waals surface area (Å²) in [5.74, 6) is -0.225. The Kier molecular flexibility index (Phi) is 4.07. The van der Waals surface area contributed by atoms with E-state index >= 15 is 0 Å². The van der Waals surface area contributed by atoms with Crippen LogP contribution in [-0.2, 0) is 21.5 Å². The molecule has 0 saturated carbocycles. The van der Waals surface area contributed by atoms with E-state index in [0.717, 1.165) is 33.3 Å². The van der Waals surface area contributed by atoms with E-state index in [0.29, 0.717) is 6.42 Å². The van der Waals surface area contributed by atoms with Crippen LogP contribution in [0.15, 0.2) is 53.6 Å². The van der Waals surface area contributed by atoms with Gasteiger partial charge in [0.15, 0.2) is 0 Å². The summed E-state index contributed by atoms with van der Waals surface area (Å²) in [5.41, 5.74) is 4.61. The predicted octanol–water partition coefficient (Wildman–Crippen LogP) is 3.34. The minimum atomic E-state index is -0.600. The van der Waals surface area contributed by atoms with Gasteiger partial charge in [-0.15, -0.1) is 0 Å². The van der Waals surface area contributed by atoms with E-state index < -0.39 is 11.6 Å². The third-order valence-electron chi connectivity index (χ3n) is 6.25. The molecule has 152 valence electrons. The van der Waals surface area contributed by atoms with Gasteiger partial charge in [0.25, 0.3) is 5.91 Å². The van der Waals surface area contributed by atoms with Crippen molar-refractivity contribution in [3.8, 4) is 0 Å². The Bertz CT molecular complexity index is 1190. The summed E-state index contributed by atoms with van der Waals surface area (Å²) >= 11 is 0. The normalized spacial score (nSPS) is 20.7. The highest BCUT2D eigenvalue weighted by atomic mass is 16.2. The first kappa shape index (κ1) is 18.6. The molecule has 1 fully saturated rings. The van der Waals surface area contributed by atoms with Gasteiger partial charge in [0.05, 0.1) is 11.8 Å². The lowest BCUT2D eigenvalue weighted by Crippen LogP contribution is -2.66. The highest BCUT2D eigenvalue weighted by Crippen LogP contribution is 2.42. The number of benzene rings is 2. The second kappa shape index (κ2) is 6.55. The molecule has 0 unspecified atom stereocenters. The minimum absolute atomic E-state index is 0.0450. The van der Waals surface area contributed by atoms with E-state index in [1.807, 2.05) is 63.2 Å². The van der Waals surface area contributed by atoms with Crippen molar-refractivity contribution in [2.24, 2.45) is 5.10 Å². The lowest BCUT2D eigenvalue weighted by atomic mass is 9.82. The third kappa shape index (κ3) is 2.75. The van der Waals surface area contributed by atoms with E-state index in [4.69, 9.17) is 0 Å². The van der Waals surface area contributed by atoms with Gasteiger partial charge in [0, 0.05) is 23.0 Å². The van der Waals surface area contributed by atoms with Crippen molar-refractivity contribution in [1.29, 1.82) is 0 Å². The van der Waals surface area contributed by atoms with Crippen LogP contribution in [0.25, 0.3) is 10.9 Å². The predicted molar refractivity (Wildman–Crippen MR) is 116 cm³/mol. The summed E-state index contributed by atoms with van der Waals surface area (Å²) in [6.45, 7) is 5.98. The number of fused-ring (bicyclic) bond motifs is 4. The highest BCUT2D eigenvalue weighted by molar-refractivity contribution is 5.98. The lowest BCUT2D eigenvalue weighted by molar-refractivity contribution is -0.163. The average molecular weight is 400 g/mol. The monoisotopic (exact) mass is 400 g/mol. The summed E-state index contributed by atoms with van der Waals surface area (Å²) in [6.07, 6.45) is 2.13. The molecule has 6 nitrogen and oxygen atoms in total. The number of hydrazone groups is 1. The molecule has 0 spiro atoms. The van der Waals surface area contributed by atoms with Crippen LogP contribution in [-0.4, -0.2) is 45.5 Å². The topological polar surface area (TPSA) is 68.8 Å². The Morgan fingerprint density at radius 2 is 1.83 bits per heavy atom. The molecule has 1 aromatic heterocycles. The SMILES string of the molecule is Cc1ccc(/C=N\N2CC(=O)N3[C@@H](Cc4c([nH]c5ccccc45)C3(C)C)C2=O)cc1. The van der Waals surface area contributed by atoms with E-state index in [-0.39, 0.29) is 18.4 Å². The Morgan fingerprint density at radius 1 is 1.10 bits per heavy atom. The summed E-state index contributed by atoms with van der Waals surface area (Å²) in [7, 11) is 0. The number of carbonyl (C=O) groups is 2. The van der Waals surface area contributed by atoms with E-state index in [1.54, 1.807) is 11.1 Å². The fraction of sp³-hybridized carbons (Fsp3) is 0.292. The highest BCUT2D eigenvalue weighted by Gasteiger charge is 2.51. The molecule has 2 aliphatic rings. The number of hydrogen-bond donors (Lipinski definition) is 1. The van der Waals surface area contributed by atoms with Gasteiger partial charge in [0.1, 0.15) is 12.6 Å². The summed E-state index contributed by atoms with van der Waals surface area (Å²) in [6, 6.07) is 15.4. The van der Waals surface area contributed by atoms with Crippen molar-refractivity contribution < 1.29 is 9.59 Å². The van der Waals surface area contributed by atoms with E-state index in [2.05, 4.69) is 16.2 Å². The molecule has 2 aromatic carbocycles. The molecule has 6 heteroatoms. The zero-order valence-corrected chi connectivity index (χ0v) is 17.3. The number of aromatic amines is 1. The molecular weight excluding hydrogens is 376 g/mol. The van der Waals surface area contributed by atoms with Crippen LogP contribution < -0.4 is 0 Å². The van der Waals surface area contributed by atoms with Crippen LogP contribution in [0, 0.1) is 6.92 Å². The van der Waals surface area contributed by atoms with Gasteiger partial charge < -0.3 is 9.88 Å². The Labute approximate surface area is 175 Å². The quantitative estimate of drug-likeness (QED) is 0.671. The molecule has 1 N–H and O–H groups in total. The van der Waals surface area contributed by atoms with Crippen molar-refractivity contribution in [3.63, 3.8) is 0 Å². The van der Waals surface area contributed by atoms with Gasteiger partial charge in [-0.25, -0.2) is 5.01 Å². The fourth-order valence-electron chi connectivity index (χ4n) is 4.75. The molecule has 3 aromatic rings. The first-order chi connectivity index (χ1) is 14.4. The number of piperazine rings is 1. The summed E-state index contributed by atoms with van der Waals surface area (Å²) in [5, 5.41) is 6.79. The van der Waals surface area contributed by atoms with Gasteiger partial charge in [-0.1, -0.05) is 48.0 Å². The number of rotatable bonds is 2. The first-order valence-corrected chi connectivity index (χ1v) is 10.2. The molecule has 30 heavy (non-hydrogen) atoms. The van der Waals surface area contributed by atoms with Crippen LogP contribution in [0.3, 0.4) is 0 Å². The van der Waals surface area contributed by atoms with Crippen LogP contribution >= 0.6 is 0 Å². The van der Waals surface area contributed by atoms with Gasteiger partial charge >= 0.3 is 0 Å². The fourth-order valence-corrected chi connectivity index (χ4v) is 4.75. The molecule has 5 rings (SSSR count). The van der Waals surface area contributed by atoms with E-state index in [9.17, 15) is 9.59 Å². The number of para-hydroxylation sites is 1.